The second-order valence-corrected chi connectivity index (χ2v) is 8.03. The van der Waals surface area contributed by atoms with Gasteiger partial charge in [0.05, 0.1) is 12.5 Å². The van der Waals surface area contributed by atoms with Crippen LogP contribution in [0.1, 0.15) is 32.8 Å². The van der Waals surface area contributed by atoms with Crippen molar-refractivity contribution >= 4 is 33.9 Å². The summed E-state index contributed by atoms with van der Waals surface area (Å²) in [4.78, 5) is 24.9. The molecule has 0 fully saturated rings. The number of benzene rings is 2. The molecule has 7 heteroatoms. The number of nitrogens with zero attached hydrogens (tertiary/aromatic N) is 1. The van der Waals surface area contributed by atoms with Crippen LogP contribution in [0.15, 0.2) is 46.9 Å². The summed E-state index contributed by atoms with van der Waals surface area (Å²) in [6.45, 7) is 5.47. The molecule has 3 aromatic rings. The number of hydrogen-bond acceptors (Lipinski definition) is 5. The number of alkyl carbamates (subject to hydrolysis) is 1. The van der Waals surface area contributed by atoms with E-state index < -0.39 is 17.7 Å². The van der Waals surface area contributed by atoms with Crippen LogP contribution in [-0.4, -0.2) is 30.2 Å². The predicted octanol–water partition coefficient (Wildman–Crippen LogP) is 4.05. The number of para-hydroxylation sites is 1. The second-order valence-electron chi connectivity index (χ2n) is 8.03. The van der Waals surface area contributed by atoms with Crippen molar-refractivity contribution < 1.29 is 18.7 Å². The van der Waals surface area contributed by atoms with Gasteiger partial charge in [-0.1, -0.05) is 30.3 Å². The molecular weight excluding hydrogens is 382 g/mol. The average molecular weight is 407 g/mol. The van der Waals surface area contributed by atoms with E-state index in [1.54, 1.807) is 20.8 Å². The Balaban J connectivity index is 1.81. The number of fused-ring (bicyclic) bond motifs is 3. The lowest BCUT2D eigenvalue weighted by Crippen LogP contribution is -2.49. The van der Waals surface area contributed by atoms with Gasteiger partial charge in [0.1, 0.15) is 22.8 Å². The molecular formula is C23H25N3O4. The van der Waals surface area contributed by atoms with Crippen LogP contribution in [0.3, 0.4) is 0 Å². The van der Waals surface area contributed by atoms with Gasteiger partial charge in [0.15, 0.2) is 0 Å². The Morgan fingerprint density at radius 1 is 1.13 bits per heavy atom. The van der Waals surface area contributed by atoms with E-state index in [1.807, 2.05) is 48.5 Å². The van der Waals surface area contributed by atoms with Crippen molar-refractivity contribution in [2.45, 2.75) is 45.3 Å². The molecule has 2 N–H and O–H groups in total. The van der Waals surface area contributed by atoms with E-state index in [0.29, 0.717) is 0 Å². The normalized spacial score (nSPS) is 12.3. The van der Waals surface area contributed by atoms with Gasteiger partial charge in [-0.15, -0.1) is 0 Å². The standard InChI is InChI=1S/C23H25N3O4/c1-23(2,3)30-22(28)26-18(21(27)25-12-6-11-24)13-15-9-10-17-16-7-4-5-8-19(16)29-20(17)14-15/h4-5,7-10,14,18H,6,12-13H2,1-3H3,(H,25,27)(H,26,28). The van der Waals surface area contributed by atoms with E-state index in [-0.39, 0.29) is 25.3 Å². The highest BCUT2D eigenvalue weighted by Crippen LogP contribution is 2.29. The minimum Gasteiger partial charge on any atom is -0.456 e. The van der Waals surface area contributed by atoms with Gasteiger partial charge in [-0.25, -0.2) is 4.79 Å². The summed E-state index contributed by atoms with van der Waals surface area (Å²) < 4.78 is 11.2. The third-order valence-electron chi connectivity index (χ3n) is 4.43. The lowest BCUT2D eigenvalue weighted by molar-refractivity contribution is -0.123. The predicted molar refractivity (Wildman–Crippen MR) is 114 cm³/mol. The fourth-order valence-corrected chi connectivity index (χ4v) is 3.16. The van der Waals surface area contributed by atoms with Gasteiger partial charge in [-0.05, 0) is 38.5 Å². The SMILES string of the molecule is CC(C)(C)OC(=O)NC(Cc1ccc2c(c1)oc1ccccc12)C(=O)NCCC#N. The van der Waals surface area contributed by atoms with Crippen LogP contribution < -0.4 is 10.6 Å². The third kappa shape index (κ3) is 5.29. The summed E-state index contributed by atoms with van der Waals surface area (Å²) in [5.41, 5.74) is 1.66. The third-order valence-corrected chi connectivity index (χ3v) is 4.43. The van der Waals surface area contributed by atoms with E-state index >= 15 is 0 Å². The first-order chi connectivity index (χ1) is 14.3. The summed E-state index contributed by atoms with van der Waals surface area (Å²) in [7, 11) is 0. The summed E-state index contributed by atoms with van der Waals surface area (Å²) in [5.74, 6) is -0.374. The van der Waals surface area contributed by atoms with Crippen molar-refractivity contribution in [1.82, 2.24) is 10.6 Å². The number of nitriles is 1. The molecule has 30 heavy (non-hydrogen) atoms. The van der Waals surface area contributed by atoms with E-state index in [9.17, 15) is 9.59 Å². The number of furan rings is 1. The lowest BCUT2D eigenvalue weighted by Gasteiger charge is -2.23. The van der Waals surface area contributed by atoms with Gasteiger partial charge in [-0.3, -0.25) is 4.79 Å². The average Bonchev–Trinajstić information content (AvgIpc) is 3.04. The van der Waals surface area contributed by atoms with Gasteiger partial charge in [0.25, 0.3) is 0 Å². The van der Waals surface area contributed by atoms with Crippen molar-refractivity contribution in [1.29, 1.82) is 5.26 Å². The number of carbonyl (C=O) groups is 2. The summed E-state index contributed by atoms with van der Waals surface area (Å²) in [5, 5.41) is 16.0. The minimum atomic E-state index is -0.847. The summed E-state index contributed by atoms with van der Waals surface area (Å²) >= 11 is 0. The smallest absolute Gasteiger partial charge is 0.408 e. The zero-order valence-corrected chi connectivity index (χ0v) is 17.3. The summed E-state index contributed by atoms with van der Waals surface area (Å²) in [6.07, 6.45) is -0.228. The Kier molecular flexibility index (Phi) is 6.26. The van der Waals surface area contributed by atoms with Crippen molar-refractivity contribution in [2.24, 2.45) is 0 Å². The Hall–Kier alpha value is -3.53. The largest absolute Gasteiger partial charge is 0.456 e. The van der Waals surface area contributed by atoms with Crippen molar-refractivity contribution in [2.75, 3.05) is 6.54 Å². The molecule has 2 aromatic carbocycles. The Bertz CT molecular complexity index is 1110. The van der Waals surface area contributed by atoms with E-state index in [0.717, 1.165) is 27.5 Å². The molecule has 156 valence electrons. The maximum absolute atomic E-state index is 12.6. The van der Waals surface area contributed by atoms with Crippen LogP contribution >= 0.6 is 0 Å². The molecule has 0 aliphatic carbocycles. The summed E-state index contributed by atoms with van der Waals surface area (Å²) in [6, 6.07) is 14.6. The van der Waals surface area contributed by atoms with Crippen LogP contribution in [0.5, 0.6) is 0 Å². The number of rotatable bonds is 6. The molecule has 0 radical (unpaired) electrons. The fraction of sp³-hybridized carbons (Fsp3) is 0.348. The maximum Gasteiger partial charge on any atom is 0.408 e. The first kappa shape index (κ1) is 21.2. The molecule has 0 aliphatic rings. The zero-order valence-electron chi connectivity index (χ0n) is 17.3. The number of ether oxygens (including phenoxy) is 1. The van der Waals surface area contributed by atoms with Crippen LogP contribution in [0, 0.1) is 11.3 Å². The highest BCUT2D eigenvalue weighted by molar-refractivity contribution is 6.04. The van der Waals surface area contributed by atoms with Gasteiger partial charge in [0, 0.05) is 23.7 Å². The fourth-order valence-electron chi connectivity index (χ4n) is 3.16. The van der Waals surface area contributed by atoms with Crippen LogP contribution in [0.2, 0.25) is 0 Å². The molecule has 0 bridgehead atoms. The molecule has 0 saturated carbocycles. The molecule has 0 saturated heterocycles. The van der Waals surface area contributed by atoms with Gasteiger partial charge in [0.2, 0.25) is 5.91 Å². The van der Waals surface area contributed by atoms with Crippen LogP contribution in [-0.2, 0) is 16.0 Å². The Morgan fingerprint density at radius 3 is 2.60 bits per heavy atom. The molecule has 2 amide bonds. The van der Waals surface area contributed by atoms with Gasteiger partial charge >= 0.3 is 6.09 Å². The number of carbonyl (C=O) groups excluding carboxylic acids is 2. The number of amides is 2. The van der Waals surface area contributed by atoms with Crippen LogP contribution in [0.25, 0.3) is 21.9 Å². The first-order valence-corrected chi connectivity index (χ1v) is 9.81. The highest BCUT2D eigenvalue weighted by atomic mass is 16.6. The van der Waals surface area contributed by atoms with Crippen molar-refractivity contribution in [3.8, 4) is 6.07 Å². The number of nitrogens with one attached hydrogen (secondary N) is 2. The minimum absolute atomic E-state index is 0.190. The first-order valence-electron chi connectivity index (χ1n) is 9.81. The van der Waals surface area contributed by atoms with Gasteiger partial charge < -0.3 is 19.8 Å². The van der Waals surface area contributed by atoms with Crippen LogP contribution in [0.4, 0.5) is 4.79 Å². The monoisotopic (exact) mass is 407 g/mol. The quantitative estimate of drug-likeness (QED) is 0.600. The van der Waals surface area contributed by atoms with E-state index in [2.05, 4.69) is 10.6 Å². The topological polar surface area (TPSA) is 104 Å². The van der Waals surface area contributed by atoms with Gasteiger partial charge in [-0.2, -0.15) is 5.26 Å². The van der Waals surface area contributed by atoms with Crippen molar-refractivity contribution in [3.63, 3.8) is 0 Å². The molecule has 0 spiro atoms. The second kappa shape index (κ2) is 8.87. The van der Waals surface area contributed by atoms with Crippen molar-refractivity contribution in [3.05, 3.63) is 48.0 Å². The van der Waals surface area contributed by atoms with E-state index in [1.165, 1.54) is 0 Å². The Morgan fingerprint density at radius 2 is 1.87 bits per heavy atom. The Labute approximate surface area is 175 Å². The molecule has 0 aliphatic heterocycles. The molecule has 1 aromatic heterocycles. The zero-order chi connectivity index (χ0) is 21.7. The molecule has 1 heterocycles. The molecule has 7 nitrogen and oxygen atoms in total. The highest BCUT2D eigenvalue weighted by Gasteiger charge is 2.25. The molecule has 1 atom stereocenters. The van der Waals surface area contributed by atoms with E-state index in [4.69, 9.17) is 14.4 Å². The maximum atomic E-state index is 12.6. The molecule has 3 rings (SSSR count). The lowest BCUT2D eigenvalue weighted by atomic mass is 10.0. The molecule has 1 unspecified atom stereocenters. The number of hydrogen-bond donors (Lipinski definition) is 2.